The molecule has 8 nitrogen and oxygen atoms in total. The van der Waals surface area contributed by atoms with Gasteiger partial charge in [-0.2, -0.15) is 0 Å². The summed E-state index contributed by atoms with van der Waals surface area (Å²) in [6.45, 7) is 7.10. The molecule has 1 N–H and O–H groups in total. The summed E-state index contributed by atoms with van der Waals surface area (Å²) in [5.41, 5.74) is 3.43. The lowest BCUT2D eigenvalue weighted by Gasteiger charge is -2.48. The number of aryl methyl sites for hydroxylation is 1. The van der Waals surface area contributed by atoms with Crippen LogP contribution in [0.2, 0.25) is 5.02 Å². The number of hydrogen-bond donors (Lipinski definition) is 1. The number of fused-ring (bicyclic) bond motifs is 4. The zero-order valence-corrected chi connectivity index (χ0v) is 26.8. The van der Waals surface area contributed by atoms with E-state index < -0.39 is 21.2 Å². The monoisotopic (exact) mass is 627 g/mol. The molecular formula is C33H42ClN3O5S. The van der Waals surface area contributed by atoms with E-state index in [0.29, 0.717) is 37.0 Å². The van der Waals surface area contributed by atoms with Crippen LogP contribution in [0.4, 0.5) is 5.69 Å². The van der Waals surface area contributed by atoms with Crippen LogP contribution in [0.15, 0.2) is 48.6 Å². The van der Waals surface area contributed by atoms with Crippen LogP contribution < -0.4 is 14.4 Å². The predicted molar refractivity (Wildman–Crippen MR) is 170 cm³/mol. The molecule has 2 bridgehead atoms. The molecule has 1 saturated heterocycles. The molecule has 4 aliphatic rings. The quantitative estimate of drug-likeness (QED) is 0.472. The molecule has 0 saturated carbocycles. The Hall–Kier alpha value is -2.59. The number of methoxy groups -OCH3 is 1. The molecule has 1 amide bonds. The number of hydrogen-bond acceptors (Lipinski definition) is 7. The van der Waals surface area contributed by atoms with Crippen molar-refractivity contribution in [1.29, 1.82) is 0 Å². The van der Waals surface area contributed by atoms with Gasteiger partial charge >= 0.3 is 0 Å². The molecule has 5 atom stereocenters. The highest BCUT2D eigenvalue weighted by atomic mass is 35.5. The number of anilines is 1. The van der Waals surface area contributed by atoms with Gasteiger partial charge in [0.2, 0.25) is 10.0 Å². The summed E-state index contributed by atoms with van der Waals surface area (Å²) in [6, 6.07) is 11.9. The molecule has 0 aromatic heterocycles. The molecule has 2 aromatic carbocycles. The third-order valence-electron chi connectivity index (χ3n) is 10.1. The number of halogens is 1. The third-order valence-corrected chi connectivity index (χ3v) is 12.2. The number of carbonyl (C=O) groups is 1. The highest BCUT2D eigenvalue weighted by Gasteiger charge is 2.44. The average Bonchev–Trinajstić information content (AvgIpc) is 3.11. The molecule has 1 fully saturated rings. The number of amides is 1. The van der Waals surface area contributed by atoms with Gasteiger partial charge in [0.05, 0.1) is 30.2 Å². The maximum atomic E-state index is 13.4. The number of sulfonamides is 1. The van der Waals surface area contributed by atoms with Crippen LogP contribution in [0.1, 0.15) is 61.0 Å². The second-order valence-corrected chi connectivity index (χ2v) is 15.3. The third kappa shape index (κ3) is 5.93. The van der Waals surface area contributed by atoms with Crippen molar-refractivity contribution in [1.82, 2.24) is 9.62 Å². The van der Waals surface area contributed by atoms with Gasteiger partial charge in [0.15, 0.2) is 0 Å². The zero-order valence-electron chi connectivity index (χ0n) is 25.2. The highest BCUT2D eigenvalue weighted by molar-refractivity contribution is 7.90. The van der Waals surface area contributed by atoms with E-state index in [1.54, 1.807) is 26.2 Å². The van der Waals surface area contributed by atoms with Crippen LogP contribution in [0.25, 0.3) is 0 Å². The van der Waals surface area contributed by atoms with Crippen molar-refractivity contribution in [2.75, 3.05) is 44.9 Å². The first kappa shape index (κ1) is 30.4. The lowest BCUT2D eigenvalue weighted by Crippen LogP contribution is -2.59. The number of allylic oxidation sites excluding steroid dienone is 1. The van der Waals surface area contributed by atoms with Gasteiger partial charge in [0.1, 0.15) is 5.75 Å². The van der Waals surface area contributed by atoms with Crippen molar-refractivity contribution < 1.29 is 22.7 Å². The van der Waals surface area contributed by atoms with Gasteiger partial charge in [0, 0.05) is 48.8 Å². The molecule has 232 valence electrons. The summed E-state index contributed by atoms with van der Waals surface area (Å²) in [5.74, 6) is -0.0867. The minimum Gasteiger partial charge on any atom is -0.490 e. The van der Waals surface area contributed by atoms with Crippen molar-refractivity contribution >= 4 is 33.2 Å². The number of rotatable bonds is 2. The molecule has 2 aromatic rings. The number of carbonyl (C=O) groups excluding carboxylic acids is 1. The van der Waals surface area contributed by atoms with Crippen LogP contribution in [-0.2, 0) is 26.6 Å². The Morgan fingerprint density at radius 2 is 2.02 bits per heavy atom. The molecule has 1 spiro atoms. The average molecular weight is 628 g/mol. The maximum Gasteiger partial charge on any atom is 0.264 e. The van der Waals surface area contributed by atoms with Gasteiger partial charge in [-0.15, -0.1) is 0 Å². The first-order valence-electron chi connectivity index (χ1n) is 15.4. The van der Waals surface area contributed by atoms with Crippen LogP contribution in [0.5, 0.6) is 5.75 Å². The fourth-order valence-corrected chi connectivity index (χ4v) is 8.74. The molecular weight excluding hydrogens is 586 g/mol. The van der Waals surface area contributed by atoms with Crippen molar-refractivity contribution in [3.05, 3.63) is 70.3 Å². The van der Waals surface area contributed by atoms with Crippen molar-refractivity contribution in [3.63, 3.8) is 0 Å². The molecule has 3 heterocycles. The van der Waals surface area contributed by atoms with E-state index in [2.05, 4.69) is 38.8 Å². The molecule has 6 rings (SSSR count). The Kier molecular flexibility index (Phi) is 8.54. The SMILES string of the molecule is COC[C@H]1/C=C/C[C@@H](C)[C@@H](C)S(=O)(=O)NC(=O)c2ccc3c(c2)N(C[C@@H]2CCN21)C[C@@]1(CCCc2cc(Cl)ccc21)CO3. The summed E-state index contributed by atoms with van der Waals surface area (Å²) in [6.07, 6.45) is 8.90. The van der Waals surface area contributed by atoms with E-state index in [1.165, 1.54) is 11.1 Å². The lowest BCUT2D eigenvalue weighted by atomic mass is 9.70. The summed E-state index contributed by atoms with van der Waals surface area (Å²) in [4.78, 5) is 18.2. The minimum absolute atomic E-state index is 0.0935. The lowest BCUT2D eigenvalue weighted by molar-refractivity contribution is 0.0252. The maximum absolute atomic E-state index is 13.4. The number of nitrogens with zero attached hydrogens (tertiary/aromatic N) is 2. The number of nitrogens with one attached hydrogen (secondary N) is 1. The van der Waals surface area contributed by atoms with Crippen LogP contribution in [0, 0.1) is 5.92 Å². The molecule has 10 heteroatoms. The predicted octanol–water partition coefficient (Wildman–Crippen LogP) is 4.95. The molecule has 43 heavy (non-hydrogen) atoms. The zero-order chi connectivity index (χ0) is 30.4. The fourth-order valence-electron chi connectivity index (χ4n) is 7.26. The van der Waals surface area contributed by atoms with Crippen molar-refractivity contribution in [3.8, 4) is 5.75 Å². The summed E-state index contributed by atoms with van der Waals surface area (Å²) in [7, 11) is -2.17. The number of benzene rings is 2. The standard InChI is InChI=1S/C33H42ClN3O5S/c1-22-6-4-8-28(19-41-3)37-15-13-27(37)18-36-20-33(14-5-7-24-16-26(34)10-11-29(24)33)21-42-31-12-9-25(17-30(31)36)32(38)35-43(39,40)23(22)2/h4,8-12,16-17,22-23,27-28H,5-7,13-15,18-21H2,1-3H3,(H,35,38)/b8-4+/t22-,23-,27+,28-,33+/m1/s1. The van der Waals surface area contributed by atoms with Crippen LogP contribution >= 0.6 is 11.6 Å². The summed E-state index contributed by atoms with van der Waals surface area (Å²) < 4.78 is 41.1. The Morgan fingerprint density at radius 1 is 1.19 bits per heavy atom. The smallest absolute Gasteiger partial charge is 0.264 e. The van der Waals surface area contributed by atoms with E-state index in [9.17, 15) is 13.2 Å². The molecule has 1 aliphatic carbocycles. The second-order valence-electron chi connectivity index (χ2n) is 12.8. The van der Waals surface area contributed by atoms with Crippen LogP contribution in [0.3, 0.4) is 0 Å². The van der Waals surface area contributed by atoms with Gasteiger partial charge < -0.3 is 14.4 Å². The highest BCUT2D eigenvalue weighted by Crippen LogP contribution is 2.45. The first-order chi connectivity index (χ1) is 20.6. The van der Waals surface area contributed by atoms with Crippen molar-refractivity contribution in [2.24, 2.45) is 5.92 Å². The molecule has 3 aliphatic heterocycles. The van der Waals surface area contributed by atoms with Crippen LogP contribution in [-0.4, -0.2) is 76.5 Å². The van der Waals surface area contributed by atoms with E-state index in [-0.39, 0.29) is 17.4 Å². The summed E-state index contributed by atoms with van der Waals surface area (Å²) >= 11 is 6.41. The van der Waals surface area contributed by atoms with Gasteiger partial charge in [-0.1, -0.05) is 36.7 Å². The first-order valence-corrected chi connectivity index (χ1v) is 17.3. The van der Waals surface area contributed by atoms with E-state index >= 15 is 0 Å². The molecule has 0 unspecified atom stereocenters. The normalized spacial score (nSPS) is 31.5. The van der Waals surface area contributed by atoms with E-state index in [0.717, 1.165) is 56.0 Å². The van der Waals surface area contributed by atoms with Gasteiger partial charge in [0.25, 0.3) is 5.91 Å². The van der Waals surface area contributed by atoms with Crippen molar-refractivity contribution in [2.45, 2.75) is 68.7 Å². The van der Waals surface area contributed by atoms with Gasteiger partial charge in [-0.25, -0.2) is 13.1 Å². The minimum atomic E-state index is -3.89. The Morgan fingerprint density at radius 3 is 2.79 bits per heavy atom. The van der Waals surface area contributed by atoms with Gasteiger partial charge in [-0.05, 0) is 86.4 Å². The van der Waals surface area contributed by atoms with E-state index in [1.807, 2.05) is 19.1 Å². The van der Waals surface area contributed by atoms with Gasteiger partial charge in [-0.3, -0.25) is 9.69 Å². The topological polar surface area (TPSA) is 88.2 Å². The second kappa shape index (κ2) is 12.1. The summed E-state index contributed by atoms with van der Waals surface area (Å²) in [5, 5.41) is 0.00216. The Labute approximate surface area is 260 Å². The Bertz CT molecular complexity index is 1510. The Balaban J connectivity index is 1.43. The van der Waals surface area contributed by atoms with E-state index in [4.69, 9.17) is 21.1 Å². The number of ether oxygens (including phenoxy) is 2. The fraction of sp³-hybridized carbons (Fsp3) is 0.545. The largest absolute Gasteiger partial charge is 0.490 e. The molecule has 0 radical (unpaired) electrons.